The van der Waals surface area contributed by atoms with Crippen LogP contribution in [0.5, 0.6) is 0 Å². The molecule has 21 heavy (non-hydrogen) atoms. The van der Waals surface area contributed by atoms with Crippen molar-refractivity contribution < 1.29 is 23.5 Å². The van der Waals surface area contributed by atoms with Crippen LogP contribution in [0.25, 0.3) is 0 Å². The molecule has 118 valence electrons. The molecule has 1 atom stereocenters. The van der Waals surface area contributed by atoms with Crippen LogP contribution in [0.2, 0.25) is 0 Å². The van der Waals surface area contributed by atoms with Crippen LogP contribution < -0.4 is 0 Å². The molecule has 0 aliphatic carbocycles. The second kappa shape index (κ2) is 7.49. The quantitative estimate of drug-likeness (QED) is 0.711. The Morgan fingerprint density at radius 3 is 2.67 bits per heavy atom. The van der Waals surface area contributed by atoms with Crippen molar-refractivity contribution in [2.75, 3.05) is 6.54 Å². The summed E-state index contributed by atoms with van der Waals surface area (Å²) in [6.45, 7) is 2.81. The van der Waals surface area contributed by atoms with Gasteiger partial charge in [-0.1, -0.05) is 0 Å². The molecule has 0 bridgehead atoms. The van der Waals surface area contributed by atoms with E-state index in [2.05, 4.69) is 0 Å². The first-order chi connectivity index (χ1) is 9.73. The van der Waals surface area contributed by atoms with Gasteiger partial charge in [0.1, 0.15) is 4.88 Å². The van der Waals surface area contributed by atoms with Crippen LogP contribution in [0.15, 0.2) is 12.1 Å². The van der Waals surface area contributed by atoms with E-state index in [9.17, 15) is 18.4 Å². The van der Waals surface area contributed by atoms with E-state index in [4.69, 9.17) is 5.11 Å². The van der Waals surface area contributed by atoms with Crippen LogP contribution in [-0.2, 0) is 11.2 Å². The van der Waals surface area contributed by atoms with E-state index in [0.717, 1.165) is 11.8 Å². The highest BCUT2D eigenvalue weighted by Crippen LogP contribution is 2.22. The van der Waals surface area contributed by atoms with Gasteiger partial charge in [-0.2, -0.15) is 0 Å². The third-order valence-electron chi connectivity index (χ3n) is 3.07. The van der Waals surface area contributed by atoms with Crippen molar-refractivity contribution in [3.05, 3.63) is 21.9 Å². The number of halogens is 2. The fourth-order valence-electron chi connectivity index (χ4n) is 2.08. The molecule has 1 heterocycles. The normalized spacial score (nSPS) is 13.0. The fourth-order valence-corrected chi connectivity index (χ4v) is 2.96. The molecule has 4 nitrogen and oxygen atoms in total. The average Bonchev–Trinajstić information content (AvgIpc) is 2.81. The Morgan fingerprint density at radius 2 is 2.19 bits per heavy atom. The Morgan fingerprint density at radius 1 is 1.52 bits per heavy atom. The summed E-state index contributed by atoms with van der Waals surface area (Å²) in [5, 5.41) is 8.82. The molecule has 0 saturated heterocycles. The second-order valence-electron chi connectivity index (χ2n) is 5.14. The largest absolute Gasteiger partial charge is 0.477 e. The highest BCUT2D eigenvalue weighted by molar-refractivity contribution is 7.13. The van der Waals surface area contributed by atoms with Gasteiger partial charge in [-0.3, -0.25) is 4.79 Å². The summed E-state index contributed by atoms with van der Waals surface area (Å²) in [7, 11) is 0. The van der Waals surface area contributed by atoms with E-state index in [1.165, 1.54) is 16.2 Å². The number of carbonyl (C=O) groups excluding carboxylic acids is 1. The number of alkyl halides is 2. The summed E-state index contributed by atoms with van der Waals surface area (Å²) >= 11 is 1.19. The maximum absolute atomic E-state index is 12.9. The van der Waals surface area contributed by atoms with Crippen molar-refractivity contribution in [1.82, 2.24) is 4.90 Å². The Hall–Kier alpha value is -1.50. The molecule has 0 aliphatic rings. The van der Waals surface area contributed by atoms with Gasteiger partial charge >= 0.3 is 5.97 Å². The number of aryl methyl sites for hydroxylation is 1. The van der Waals surface area contributed by atoms with E-state index < -0.39 is 17.9 Å². The maximum atomic E-state index is 12.9. The molecule has 7 heteroatoms. The van der Waals surface area contributed by atoms with Gasteiger partial charge < -0.3 is 10.0 Å². The Balaban J connectivity index is 2.44. The zero-order chi connectivity index (χ0) is 16.0. The zero-order valence-electron chi connectivity index (χ0n) is 12.0. The summed E-state index contributed by atoms with van der Waals surface area (Å²) < 4.78 is 25.9. The predicted octanol–water partition coefficient (Wildman–Crippen LogP) is 3.27. The Bertz CT molecular complexity index is 485. The molecule has 0 spiro atoms. The second-order valence-corrected chi connectivity index (χ2v) is 6.31. The molecule has 0 saturated carbocycles. The van der Waals surface area contributed by atoms with Crippen molar-refractivity contribution >= 4 is 23.7 Å². The molecular formula is C14H19F2NO3S. The van der Waals surface area contributed by atoms with Gasteiger partial charge in [0.05, 0.1) is 0 Å². The predicted molar refractivity (Wildman–Crippen MR) is 77.1 cm³/mol. The lowest BCUT2D eigenvalue weighted by Gasteiger charge is -2.27. The molecular weight excluding hydrogens is 300 g/mol. The highest BCUT2D eigenvalue weighted by Gasteiger charge is 2.27. The van der Waals surface area contributed by atoms with E-state index >= 15 is 0 Å². The first-order valence-corrected chi connectivity index (χ1v) is 7.45. The smallest absolute Gasteiger partial charge is 0.345 e. The minimum absolute atomic E-state index is 0.274. The Labute approximate surface area is 126 Å². The van der Waals surface area contributed by atoms with Crippen LogP contribution in [0.4, 0.5) is 8.78 Å². The van der Waals surface area contributed by atoms with Gasteiger partial charge in [0.15, 0.2) is 0 Å². The monoisotopic (exact) mass is 319 g/mol. The SMILES string of the molecule is CC(CC(C)(F)F)N(C=O)CCCc1ccc(C(=O)O)s1. The number of carboxylic acids is 1. The van der Waals surface area contributed by atoms with Gasteiger partial charge in [-0.05, 0) is 38.8 Å². The van der Waals surface area contributed by atoms with Crippen LogP contribution in [0, 0.1) is 0 Å². The molecule has 1 N–H and O–H groups in total. The van der Waals surface area contributed by atoms with Gasteiger partial charge in [-0.15, -0.1) is 11.3 Å². The minimum atomic E-state index is -2.80. The molecule has 1 amide bonds. The van der Waals surface area contributed by atoms with Gasteiger partial charge in [0.25, 0.3) is 0 Å². The summed E-state index contributed by atoms with van der Waals surface area (Å²) in [5.41, 5.74) is 0. The molecule has 1 aromatic heterocycles. The number of rotatable bonds is 9. The van der Waals surface area contributed by atoms with Crippen LogP contribution >= 0.6 is 11.3 Å². The fraction of sp³-hybridized carbons (Fsp3) is 0.571. The first-order valence-electron chi connectivity index (χ1n) is 6.64. The maximum Gasteiger partial charge on any atom is 0.345 e. The number of aromatic carboxylic acids is 1. The van der Waals surface area contributed by atoms with Crippen LogP contribution in [0.1, 0.15) is 41.2 Å². The van der Waals surface area contributed by atoms with Crippen LogP contribution in [0.3, 0.4) is 0 Å². The lowest BCUT2D eigenvalue weighted by molar-refractivity contribution is -0.121. The van der Waals surface area contributed by atoms with E-state index in [0.29, 0.717) is 25.8 Å². The first kappa shape index (κ1) is 17.6. The number of amides is 1. The molecule has 1 rings (SSSR count). The number of carboxylic acid groups (broad SMARTS) is 1. The van der Waals surface area contributed by atoms with E-state index in [-0.39, 0.29) is 11.3 Å². The summed E-state index contributed by atoms with van der Waals surface area (Å²) in [6.07, 6.45) is 1.46. The lowest BCUT2D eigenvalue weighted by atomic mass is 10.1. The average molecular weight is 319 g/mol. The zero-order valence-corrected chi connectivity index (χ0v) is 12.8. The number of hydrogen-bond acceptors (Lipinski definition) is 3. The van der Waals surface area contributed by atoms with E-state index in [1.807, 2.05) is 0 Å². The Kier molecular flexibility index (Phi) is 6.26. The minimum Gasteiger partial charge on any atom is -0.477 e. The summed E-state index contributed by atoms with van der Waals surface area (Å²) in [4.78, 5) is 24.3. The molecule has 0 radical (unpaired) electrons. The molecule has 0 aliphatic heterocycles. The molecule has 0 aromatic carbocycles. The van der Waals surface area contributed by atoms with Crippen molar-refractivity contribution in [2.24, 2.45) is 0 Å². The van der Waals surface area contributed by atoms with Gasteiger partial charge in [0.2, 0.25) is 12.3 Å². The van der Waals surface area contributed by atoms with Crippen molar-refractivity contribution in [3.63, 3.8) is 0 Å². The van der Waals surface area contributed by atoms with Crippen LogP contribution in [-0.4, -0.2) is 40.9 Å². The number of thiophene rings is 1. The van der Waals surface area contributed by atoms with Crippen molar-refractivity contribution in [1.29, 1.82) is 0 Å². The molecule has 1 aromatic rings. The topological polar surface area (TPSA) is 57.6 Å². The molecule has 0 fully saturated rings. The van der Waals surface area contributed by atoms with Crippen molar-refractivity contribution in [3.8, 4) is 0 Å². The third kappa shape index (κ3) is 6.20. The van der Waals surface area contributed by atoms with Gasteiger partial charge in [0, 0.05) is 23.9 Å². The number of nitrogens with zero attached hydrogens (tertiary/aromatic N) is 1. The molecule has 1 unspecified atom stereocenters. The highest BCUT2D eigenvalue weighted by atomic mass is 32.1. The van der Waals surface area contributed by atoms with Gasteiger partial charge in [-0.25, -0.2) is 13.6 Å². The number of hydrogen-bond donors (Lipinski definition) is 1. The summed E-state index contributed by atoms with van der Waals surface area (Å²) in [5.74, 6) is -3.76. The van der Waals surface area contributed by atoms with Crippen molar-refractivity contribution in [2.45, 2.75) is 45.1 Å². The van der Waals surface area contributed by atoms with E-state index in [1.54, 1.807) is 19.1 Å². The lowest BCUT2D eigenvalue weighted by Crippen LogP contribution is -2.36. The third-order valence-corrected chi connectivity index (χ3v) is 4.20. The standard InChI is InChI=1S/C14H19F2NO3S/c1-10(8-14(2,15)16)17(9-18)7-3-4-11-5-6-12(21-11)13(19)20/h5-6,9-10H,3-4,7-8H2,1-2H3,(H,19,20). The number of carbonyl (C=O) groups is 2. The summed E-state index contributed by atoms with van der Waals surface area (Å²) in [6, 6.07) is 2.75.